The Kier molecular flexibility index (Phi) is 5.94. The second kappa shape index (κ2) is 9.34. The van der Waals surface area contributed by atoms with E-state index in [1.165, 1.54) is 12.3 Å². The fraction of sp³-hybridized carbons (Fsp3) is 0.0333. The van der Waals surface area contributed by atoms with Crippen LogP contribution in [0.3, 0.4) is 0 Å². The number of fused-ring (bicyclic) bond motifs is 2. The van der Waals surface area contributed by atoms with E-state index in [1.54, 1.807) is 42.5 Å². The molecule has 0 saturated carbocycles. The summed E-state index contributed by atoms with van der Waals surface area (Å²) in [6, 6.07) is 26.7. The number of hydrogen-bond donors (Lipinski definition) is 1. The van der Waals surface area contributed by atoms with Crippen molar-refractivity contribution >= 4 is 43.1 Å². The zero-order chi connectivity index (χ0) is 27.3. The van der Waals surface area contributed by atoms with Gasteiger partial charge in [0, 0.05) is 34.0 Å². The SMILES string of the molecule is CS(=O)(=O)c1ccc(-c2cccc(Cl)c2-c2ccc3c(=O)n(-c4cccc5ccccc45)c(=O)[nH]c3c2)cn1. The van der Waals surface area contributed by atoms with Gasteiger partial charge < -0.3 is 4.98 Å². The minimum atomic E-state index is -3.44. The first kappa shape index (κ1) is 24.8. The van der Waals surface area contributed by atoms with Crippen molar-refractivity contribution in [3.05, 3.63) is 123 Å². The normalized spacial score (nSPS) is 11.7. The number of nitrogens with zero attached hydrogens (tertiary/aromatic N) is 2. The van der Waals surface area contributed by atoms with Crippen LogP contribution in [0.25, 0.3) is 49.6 Å². The fourth-order valence-electron chi connectivity index (χ4n) is 4.81. The van der Waals surface area contributed by atoms with E-state index >= 15 is 0 Å². The summed E-state index contributed by atoms with van der Waals surface area (Å²) in [5.41, 5.74) is 2.61. The second-order valence-corrected chi connectivity index (χ2v) is 11.5. The predicted octanol–water partition coefficient (Wildman–Crippen LogP) is 5.62. The maximum atomic E-state index is 13.6. The Balaban J connectivity index is 1.52. The summed E-state index contributed by atoms with van der Waals surface area (Å²) in [6.07, 6.45) is 2.58. The van der Waals surface area contributed by atoms with Crippen molar-refractivity contribution in [1.29, 1.82) is 0 Å². The quantitative estimate of drug-likeness (QED) is 0.305. The van der Waals surface area contributed by atoms with Crippen molar-refractivity contribution in [2.24, 2.45) is 0 Å². The molecule has 0 bridgehead atoms. The summed E-state index contributed by atoms with van der Waals surface area (Å²) in [7, 11) is -3.44. The lowest BCUT2D eigenvalue weighted by atomic mass is 9.95. The van der Waals surface area contributed by atoms with Crippen LogP contribution in [0.2, 0.25) is 5.02 Å². The Morgan fingerprint density at radius 3 is 2.33 bits per heavy atom. The van der Waals surface area contributed by atoms with Crippen molar-refractivity contribution in [3.63, 3.8) is 0 Å². The van der Waals surface area contributed by atoms with Crippen LogP contribution in [-0.2, 0) is 9.84 Å². The smallest absolute Gasteiger partial charge is 0.306 e. The number of nitrogens with one attached hydrogen (secondary N) is 1. The highest BCUT2D eigenvalue weighted by molar-refractivity contribution is 7.90. The monoisotopic (exact) mass is 553 g/mol. The van der Waals surface area contributed by atoms with Crippen LogP contribution < -0.4 is 11.2 Å². The molecule has 1 N–H and O–H groups in total. The average Bonchev–Trinajstić information content (AvgIpc) is 2.92. The largest absolute Gasteiger partial charge is 0.333 e. The third-order valence-electron chi connectivity index (χ3n) is 6.63. The van der Waals surface area contributed by atoms with E-state index in [0.717, 1.165) is 27.2 Å². The second-order valence-electron chi connectivity index (χ2n) is 9.15. The number of rotatable bonds is 4. The van der Waals surface area contributed by atoms with Gasteiger partial charge in [0.25, 0.3) is 5.56 Å². The van der Waals surface area contributed by atoms with Gasteiger partial charge in [0.05, 0.1) is 16.6 Å². The maximum absolute atomic E-state index is 13.6. The molecule has 7 nitrogen and oxygen atoms in total. The van der Waals surface area contributed by atoms with Crippen molar-refractivity contribution in [2.75, 3.05) is 6.26 Å². The molecular weight excluding hydrogens is 534 g/mol. The Labute approximate surface area is 227 Å². The number of halogens is 1. The van der Waals surface area contributed by atoms with Gasteiger partial charge in [-0.3, -0.25) is 4.79 Å². The first-order valence-corrected chi connectivity index (χ1v) is 14.2. The number of benzene rings is 4. The van der Waals surface area contributed by atoms with Crippen molar-refractivity contribution < 1.29 is 8.42 Å². The molecule has 6 rings (SSSR count). The fourth-order valence-corrected chi connectivity index (χ4v) is 5.66. The number of hydrogen-bond acceptors (Lipinski definition) is 5. The molecule has 2 heterocycles. The molecule has 0 atom stereocenters. The predicted molar refractivity (Wildman–Crippen MR) is 154 cm³/mol. The molecule has 4 aromatic carbocycles. The summed E-state index contributed by atoms with van der Waals surface area (Å²) < 4.78 is 24.8. The number of sulfone groups is 1. The summed E-state index contributed by atoms with van der Waals surface area (Å²) in [6.45, 7) is 0. The molecule has 0 unspecified atom stereocenters. The molecule has 192 valence electrons. The topological polar surface area (TPSA) is 102 Å². The Hall–Kier alpha value is -4.53. The summed E-state index contributed by atoms with van der Waals surface area (Å²) in [5.74, 6) is 0. The van der Waals surface area contributed by atoms with E-state index in [9.17, 15) is 18.0 Å². The molecule has 0 fully saturated rings. The van der Waals surface area contributed by atoms with Crippen LogP contribution in [0.4, 0.5) is 0 Å². The van der Waals surface area contributed by atoms with E-state index in [2.05, 4.69) is 9.97 Å². The molecule has 0 spiro atoms. The molecule has 0 amide bonds. The van der Waals surface area contributed by atoms with E-state index < -0.39 is 21.1 Å². The van der Waals surface area contributed by atoms with Crippen molar-refractivity contribution in [1.82, 2.24) is 14.5 Å². The van der Waals surface area contributed by atoms with Gasteiger partial charge in [0.2, 0.25) is 0 Å². The molecule has 0 radical (unpaired) electrons. The van der Waals surface area contributed by atoms with Gasteiger partial charge in [-0.15, -0.1) is 0 Å². The number of aromatic amines is 1. The molecule has 0 aliphatic heterocycles. The zero-order valence-corrected chi connectivity index (χ0v) is 22.1. The lowest BCUT2D eigenvalue weighted by Crippen LogP contribution is -2.33. The third-order valence-corrected chi connectivity index (χ3v) is 7.95. The molecule has 9 heteroatoms. The van der Waals surface area contributed by atoms with Crippen molar-refractivity contribution in [3.8, 4) is 27.9 Å². The zero-order valence-electron chi connectivity index (χ0n) is 20.6. The molecule has 6 aromatic rings. The van der Waals surface area contributed by atoms with Gasteiger partial charge in [0.15, 0.2) is 14.9 Å². The van der Waals surface area contributed by atoms with E-state index in [0.29, 0.717) is 38.3 Å². The van der Waals surface area contributed by atoms with Gasteiger partial charge in [-0.1, -0.05) is 66.2 Å². The van der Waals surface area contributed by atoms with Crippen molar-refractivity contribution in [2.45, 2.75) is 5.03 Å². The maximum Gasteiger partial charge on any atom is 0.333 e. The first-order chi connectivity index (χ1) is 18.7. The number of pyridine rings is 1. The summed E-state index contributed by atoms with van der Waals surface area (Å²) in [5, 5.41) is 2.48. The lowest BCUT2D eigenvalue weighted by Gasteiger charge is -2.14. The summed E-state index contributed by atoms with van der Waals surface area (Å²) >= 11 is 6.64. The Bertz CT molecular complexity index is 2150. The highest BCUT2D eigenvalue weighted by atomic mass is 35.5. The Morgan fingerprint density at radius 2 is 1.56 bits per heavy atom. The Morgan fingerprint density at radius 1 is 0.821 bits per heavy atom. The van der Waals surface area contributed by atoms with Crippen LogP contribution in [0.1, 0.15) is 0 Å². The minimum absolute atomic E-state index is 0.0272. The molecular formula is C30H20ClN3O4S. The van der Waals surface area contributed by atoms with Gasteiger partial charge >= 0.3 is 5.69 Å². The molecule has 0 saturated heterocycles. The van der Waals surface area contributed by atoms with Crippen LogP contribution in [0, 0.1) is 0 Å². The molecule has 0 aliphatic carbocycles. The van der Waals surface area contributed by atoms with Gasteiger partial charge in [-0.25, -0.2) is 22.8 Å². The van der Waals surface area contributed by atoms with E-state index in [1.807, 2.05) is 42.5 Å². The third kappa shape index (κ3) is 4.33. The minimum Gasteiger partial charge on any atom is -0.306 e. The highest BCUT2D eigenvalue weighted by Crippen LogP contribution is 2.38. The van der Waals surface area contributed by atoms with Gasteiger partial charge in [-0.2, -0.15) is 0 Å². The molecule has 39 heavy (non-hydrogen) atoms. The van der Waals surface area contributed by atoms with E-state index in [4.69, 9.17) is 11.6 Å². The summed E-state index contributed by atoms with van der Waals surface area (Å²) in [4.78, 5) is 33.8. The standard InChI is InChI=1S/C30H20ClN3O4S/c1-39(37,38)27-15-13-20(17-32-27)22-9-5-10-24(31)28(22)19-12-14-23-25(16-19)33-30(36)34(29(23)35)26-11-4-7-18-6-2-3-8-21(18)26/h2-17H,1H3,(H,33,36). The van der Waals surface area contributed by atoms with Crippen LogP contribution in [0.5, 0.6) is 0 Å². The number of aromatic nitrogens is 3. The van der Waals surface area contributed by atoms with E-state index in [-0.39, 0.29) is 5.03 Å². The van der Waals surface area contributed by atoms with Crippen LogP contribution in [-0.4, -0.2) is 29.2 Å². The van der Waals surface area contributed by atoms with Crippen LogP contribution >= 0.6 is 11.6 Å². The number of H-pyrrole nitrogens is 1. The van der Waals surface area contributed by atoms with Gasteiger partial charge in [-0.05, 0) is 52.9 Å². The average molecular weight is 554 g/mol. The van der Waals surface area contributed by atoms with Crippen LogP contribution in [0.15, 0.2) is 112 Å². The lowest BCUT2D eigenvalue weighted by molar-refractivity contribution is 0.598. The highest BCUT2D eigenvalue weighted by Gasteiger charge is 2.17. The first-order valence-electron chi connectivity index (χ1n) is 11.9. The molecule has 2 aromatic heterocycles. The molecule has 0 aliphatic rings. The van der Waals surface area contributed by atoms with Gasteiger partial charge in [0.1, 0.15) is 0 Å².